The van der Waals surface area contributed by atoms with E-state index in [1.807, 2.05) is 19.1 Å². The number of nitrogens with zero attached hydrogens (tertiary/aromatic N) is 2. The molecule has 7 nitrogen and oxygen atoms in total. The zero-order valence-corrected chi connectivity index (χ0v) is 45.4. The van der Waals surface area contributed by atoms with Crippen molar-refractivity contribution in [2.45, 2.75) is 73.1 Å². The van der Waals surface area contributed by atoms with Crippen LogP contribution in [0.25, 0.3) is 111 Å². The van der Waals surface area contributed by atoms with Crippen LogP contribution in [0.3, 0.4) is 0 Å². The van der Waals surface area contributed by atoms with Crippen molar-refractivity contribution in [1.29, 1.82) is 0 Å². The lowest BCUT2D eigenvalue weighted by atomic mass is 9.86. The summed E-state index contributed by atoms with van der Waals surface area (Å²) in [4.78, 5) is 4.59. The first-order valence-electron chi connectivity index (χ1n) is 26.9. The van der Waals surface area contributed by atoms with Gasteiger partial charge in [-0.3, -0.25) is 0 Å². The van der Waals surface area contributed by atoms with Gasteiger partial charge in [0.1, 0.15) is 39.3 Å². The number of furan rings is 5. The van der Waals surface area contributed by atoms with Crippen LogP contribution in [0.1, 0.15) is 82.0 Å². The van der Waals surface area contributed by atoms with Gasteiger partial charge in [-0.15, -0.1) is 0 Å². The lowest BCUT2D eigenvalue weighted by Crippen LogP contribution is -2.11. The van der Waals surface area contributed by atoms with Crippen LogP contribution >= 0.6 is 0 Å². The minimum atomic E-state index is -0.153. The van der Waals surface area contributed by atoms with Gasteiger partial charge in [-0.1, -0.05) is 163 Å². The Kier molecular flexibility index (Phi) is 10.4. The van der Waals surface area contributed by atoms with Gasteiger partial charge < -0.3 is 31.9 Å². The molecule has 0 amide bonds. The Morgan fingerprint density at radius 2 is 0.897 bits per heavy atom. The van der Waals surface area contributed by atoms with Crippen molar-refractivity contribution in [1.82, 2.24) is 0 Å². The quantitative estimate of drug-likeness (QED) is 0.150. The van der Waals surface area contributed by atoms with Crippen LogP contribution in [0.4, 0.5) is 34.1 Å². The molecule has 14 aromatic rings. The molecule has 0 aliphatic rings. The first kappa shape index (κ1) is 47.3. The van der Waals surface area contributed by atoms with E-state index in [0.717, 1.165) is 138 Å². The molecule has 9 aromatic carbocycles. The molecule has 0 saturated heterocycles. The third-order valence-corrected chi connectivity index (χ3v) is 15.7. The second-order valence-corrected chi connectivity index (χ2v) is 23.0. The number of aryl methyl sites for hydroxylation is 2. The summed E-state index contributed by atoms with van der Waals surface area (Å²) in [6.45, 7) is 24.0. The summed E-state index contributed by atoms with van der Waals surface area (Å²) >= 11 is 0. The van der Waals surface area contributed by atoms with Gasteiger partial charge in [-0.2, -0.15) is 0 Å². The van der Waals surface area contributed by atoms with Gasteiger partial charge in [-0.25, -0.2) is 0 Å². The minimum absolute atomic E-state index is 0.147. The molecule has 0 atom stereocenters. The monoisotopic (exact) mass is 1020 g/mol. The maximum Gasteiger partial charge on any atom is 0.160 e. The molecule has 14 rings (SSSR count). The van der Waals surface area contributed by atoms with E-state index in [9.17, 15) is 0 Å². The van der Waals surface area contributed by atoms with Gasteiger partial charge in [0.15, 0.2) is 16.7 Å². The molecule has 0 bridgehead atoms. The van der Waals surface area contributed by atoms with E-state index in [1.165, 1.54) is 0 Å². The number of para-hydroxylation sites is 5. The van der Waals surface area contributed by atoms with Gasteiger partial charge in [0.25, 0.3) is 0 Å². The Hall–Kier alpha value is -9.20. The van der Waals surface area contributed by atoms with Gasteiger partial charge >= 0.3 is 0 Å². The average molecular weight is 1020 g/mol. The Balaban J connectivity index is 1.12. The van der Waals surface area contributed by atoms with Crippen molar-refractivity contribution in [3.8, 4) is 0 Å². The summed E-state index contributed by atoms with van der Waals surface area (Å²) in [7, 11) is 0. The molecule has 0 aliphatic heterocycles. The topological polar surface area (TPSA) is 72.2 Å². The maximum atomic E-state index is 7.44. The van der Waals surface area contributed by atoms with Crippen LogP contribution in [-0.4, -0.2) is 0 Å². The Bertz CT molecular complexity index is 4840. The first-order chi connectivity index (χ1) is 37.7. The third-order valence-electron chi connectivity index (χ3n) is 15.7. The number of hydrogen-bond acceptors (Lipinski definition) is 7. The van der Waals surface area contributed by atoms with Crippen molar-refractivity contribution >= 4 is 145 Å². The normalized spacial score (nSPS) is 12.7. The standard InChI is InChI=1S/C71H58N2O5/c1-11-21-48-56(12-2)75-68-55(73(43-25-16-23-41(4)37-43)53-34-20-30-47-45-28-18-32-51(71(8,9)10)65(45)78-67(47)53)39-58-62(61(48)68)63-59(74-58)38-54(60-49-26-13-14-35-57(49)76-69(60)63)72(42-24-15-22-40(3)36-42)52-33-19-29-46-44-27-17-31-50(70(5,6)7)64(44)77-66(46)52/h11-39H,2H2,1,3-10H3/b21-11-. The van der Waals surface area contributed by atoms with E-state index in [2.05, 4.69) is 230 Å². The third kappa shape index (κ3) is 7.03. The lowest BCUT2D eigenvalue weighted by Gasteiger charge is -2.26. The molecule has 5 aromatic heterocycles. The number of hydrogen-bond donors (Lipinski definition) is 0. The molecular formula is C71H58N2O5. The van der Waals surface area contributed by atoms with Crippen molar-refractivity contribution < 1.29 is 22.1 Å². The van der Waals surface area contributed by atoms with Gasteiger partial charge in [0.05, 0.1) is 33.5 Å². The highest BCUT2D eigenvalue weighted by Gasteiger charge is 2.33. The molecule has 0 saturated carbocycles. The SMILES string of the molecule is C=Cc1oc2c(N(c3cccc(C)c3)c3cccc4c3oc3c(C(C)(C)C)cccc34)cc3oc4cc(N(c5cccc(C)c5)c5cccc6c5oc5c(C(C)(C)C)cccc56)c5c6ccccc6oc5c4c3c2c1/C=C\C. The fourth-order valence-electron chi connectivity index (χ4n) is 12.2. The molecule has 5 heterocycles. The summed E-state index contributed by atoms with van der Waals surface area (Å²) in [5, 5.41) is 8.73. The van der Waals surface area contributed by atoms with E-state index in [-0.39, 0.29) is 10.8 Å². The first-order valence-corrected chi connectivity index (χ1v) is 26.9. The molecule has 382 valence electrons. The smallest absolute Gasteiger partial charge is 0.160 e. The largest absolute Gasteiger partial charge is 0.456 e. The summed E-state index contributed by atoms with van der Waals surface area (Å²) in [6, 6.07) is 55.7. The van der Waals surface area contributed by atoms with Crippen LogP contribution < -0.4 is 9.80 Å². The zero-order valence-electron chi connectivity index (χ0n) is 45.4. The minimum Gasteiger partial charge on any atom is -0.456 e. The summed E-state index contributed by atoms with van der Waals surface area (Å²) in [5.74, 6) is 0.642. The van der Waals surface area contributed by atoms with E-state index in [0.29, 0.717) is 28.1 Å². The van der Waals surface area contributed by atoms with E-state index in [4.69, 9.17) is 22.1 Å². The fourth-order valence-corrected chi connectivity index (χ4v) is 12.2. The molecule has 7 heteroatoms. The number of benzene rings is 9. The number of fused-ring (bicyclic) bond motifs is 15. The van der Waals surface area contributed by atoms with Gasteiger partial charge in [0.2, 0.25) is 0 Å². The molecule has 0 spiro atoms. The summed E-state index contributed by atoms with van der Waals surface area (Å²) in [5.41, 5.74) is 17.2. The highest BCUT2D eigenvalue weighted by Crippen LogP contribution is 2.55. The van der Waals surface area contributed by atoms with Crippen LogP contribution in [0.2, 0.25) is 0 Å². The molecule has 0 N–H and O–H groups in total. The van der Waals surface area contributed by atoms with Gasteiger partial charge in [0, 0.05) is 77.9 Å². The van der Waals surface area contributed by atoms with E-state index < -0.39 is 0 Å². The molecule has 0 unspecified atom stereocenters. The van der Waals surface area contributed by atoms with Gasteiger partial charge in [-0.05, 0) is 91.3 Å². The van der Waals surface area contributed by atoms with Crippen molar-refractivity contribution in [3.05, 3.63) is 204 Å². The fraction of sp³-hybridized carbons (Fsp3) is 0.155. The number of allylic oxidation sites excluding steroid dienone is 1. The molecular weight excluding hydrogens is 961 g/mol. The lowest BCUT2D eigenvalue weighted by molar-refractivity contribution is 0.572. The number of anilines is 6. The van der Waals surface area contributed by atoms with Crippen LogP contribution in [0, 0.1) is 13.8 Å². The predicted molar refractivity (Wildman–Crippen MR) is 326 cm³/mol. The molecule has 0 fully saturated rings. The zero-order chi connectivity index (χ0) is 53.5. The maximum absolute atomic E-state index is 7.44. The second kappa shape index (κ2) is 17.2. The number of rotatable bonds is 8. The van der Waals surface area contributed by atoms with Crippen LogP contribution in [-0.2, 0) is 10.8 Å². The van der Waals surface area contributed by atoms with Crippen molar-refractivity contribution in [3.63, 3.8) is 0 Å². The second-order valence-electron chi connectivity index (χ2n) is 23.0. The summed E-state index contributed by atoms with van der Waals surface area (Å²) in [6.07, 6.45) is 5.96. The van der Waals surface area contributed by atoms with E-state index >= 15 is 0 Å². The van der Waals surface area contributed by atoms with Crippen LogP contribution in [0.15, 0.2) is 192 Å². The Morgan fingerprint density at radius 3 is 1.45 bits per heavy atom. The molecule has 78 heavy (non-hydrogen) atoms. The summed E-state index contributed by atoms with van der Waals surface area (Å²) < 4.78 is 36.1. The Morgan fingerprint density at radius 1 is 0.397 bits per heavy atom. The molecule has 0 aliphatic carbocycles. The average Bonchev–Trinajstić information content (AvgIpc) is 4.43. The highest BCUT2D eigenvalue weighted by molar-refractivity contribution is 6.33. The van der Waals surface area contributed by atoms with Crippen molar-refractivity contribution in [2.24, 2.45) is 0 Å². The van der Waals surface area contributed by atoms with Crippen LogP contribution in [0.5, 0.6) is 0 Å². The van der Waals surface area contributed by atoms with Crippen molar-refractivity contribution in [2.75, 3.05) is 9.80 Å². The molecule has 0 radical (unpaired) electrons. The predicted octanol–water partition coefficient (Wildman–Crippen LogP) is 21.9. The van der Waals surface area contributed by atoms with E-state index in [1.54, 1.807) is 6.08 Å². The Labute approximate surface area is 451 Å². The highest BCUT2D eigenvalue weighted by atomic mass is 16.4.